The highest BCUT2D eigenvalue weighted by molar-refractivity contribution is 5.93. The summed E-state index contributed by atoms with van der Waals surface area (Å²) in [5.74, 6) is -1.69. The lowest BCUT2D eigenvalue weighted by Crippen LogP contribution is -2.30. The van der Waals surface area contributed by atoms with Gasteiger partial charge in [-0.2, -0.15) is 4.39 Å². The molecular formula is C13H15FN2O3. The van der Waals surface area contributed by atoms with Crippen LogP contribution in [0.5, 0.6) is 0 Å². The third-order valence-corrected chi connectivity index (χ3v) is 3.34. The zero-order valence-corrected chi connectivity index (χ0v) is 10.8. The Morgan fingerprint density at radius 3 is 2.79 bits per heavy atom. The van der Waals surface area contributed by atoms with Gasteiger partial charge in [0.1, 0.15) is 5.69 Å². The minimum absolute atomic E-state index is 0.0185. The van der Waals surface area contributed by atoms with Gasteiger partial charge in [-0.05, 0) is 18.1 Å². The summed E-state index contributed by atoms with van der Waals surface area (Å²) in [6.45, 7) is 2.61. The van der Waals surface area contributed by atoms with Crippen LogP contribution >= 0.6 is 0 Å². The van der Waals surface area contributed by atoms with Gasteiger partial charge in [0.15, 0.2) is 0 Å². The van der Waals surface area contributed by atoms with E-state index in [1.165, 1.54) is 30.2 Å². The third-order valence-electron chi connectivity index (χ3n) is 3.34. The molecule has 0 aliphatic carbocycles. The Morgan fingerprint density at radius 2 is 2.16 bits per heavy atom. The number of pyridine rings is 1. The molecule has 0 radical (unpaired) electrons. The summed E-state index contributed by atoms with van der Waals surface area (Å²) in [7, 11) is 1.33. The molecule has 1 aromatic rings. The van der Waals surface area contributed by atoms with Crippen molar-refractivity contribution in [3.63, 3.8) is 0 Å². The number of ether oxygens (including phenoxy) is 1. The van der Waals surface area contributed by atoms with Crippen LogP contribution in [0.4, 0.5) is 4.39 Å². The predicted octanol–water partition coefficient (Wildman–Crippen LogP) is 1.10. The molecule has 1 saturated heterocycles. The molecule has 0 spiro atoms. The predicted molar refractivity (Wildman–Crippen MR) is 64.8 cm³/mol. The van der Waals surface area contributed by atoms with Crippen molar-refractivity contribution in [1.29, 1.82) is 0 Å². The van der Waals surface area contributed by atoms with Crippen molar-refractivity contribution in [1.82, 2.24) is 9.88 Å². The highest BCUT2D eigenvalue weighted by Gasteiger charge is 2.38. The largest absolute Gasteiger partial charge is 0.469 e. The van der Waals surface area contributed by atoms with E-state index in [0.29, 0.717) is 6.54 Å². The van der Waals surface area contributed by atoms with Crippen LogP contribution in [0.1, 0.15) is 17.4 Å². The summed E-state index contributed by atoms with van der Waals surface area (Å²) in [5.41, 5.74) is 0.0534. The number of likely N-dealkylation sites (tertiary alicyclic amines) is 1. The fraction of sp³-hybridized carbons (Fsp3) is 0.462. The Bertz CT molecular complexity index is 506. The second-order valence-electron chi connectivity index (χ2n) is 4.66. The van der Waals surface area contributed by atoms with E-state index in [-0.39, 0.29) is 36.0 Å². The summed E-state index contributed by atoms with van der Waals surface area (Å²) < 4.78 is 17.7. The number of carbonyl (C=O) groups is 2. The number of hydrogen-bond donors (Lipinski definition) is 0. The molecule has 19 heavy (non-hydrogen) atoms. The van der Waals surface area contributed by atoms with E-state index in [0.717, 1.165) is 0 Å². The first-order chi connectivity index (χ1) is 9.02. The number of amides is 1. The zero-order chi connectivity index (χ0) is 14.0. The summed E-state index contributed by atoms with van der Waals surface area (Å²) >= 11 is 0. The fourth-order valence-electron chi connectivity index (χ4n) is 2.28. The van der Waals surface area contributed by atoms with E-state index >= 15 is 0 Å². The molecule has 2 heterocycles. The molecule has 5 nitrogen and oxygen atoms in total. The lowest BCUT2D eigenvalue weighted by molar-refractivity contribution is -0.146. The van der Waals surface area contributed by atoms with Crippen molar-refractivity contribution in [3.8, 4) is 0 Å². The number of rotatable bonds is 2. The maximum atomic E-state index is 13.0. The maximum Gasteiger partial charge on any atom is 0.310 e. The average Bonchev–Trinajstić information content (AvgIpc) is 2.79. The number of aromatic nitrogens is 1. The highest BCUT2D eigenvalue weighted by Crippen LogP contribution is 2.25. The number of carbonyl (C=O) groups excluding carboxylic acids is 2. The van der Waals surface area contributed by atoms with E-state index in [1.807, 2.05) is 6.92 Å². The van der Waals surface area contributed by atoms with Crippen molar-refractivity contribution < 1.29 is 18.7 Å². The van der Waals surface area contributed by atoms with Gasteiger partial charge in [0, 0.05) is 13.1 Å². The Hall–Kier alpha value is -1.98. The van der Waals surface area contributed by atoms with Gasteiger partial charge in [-0.3, -0.25) is 9.59 Å². The maximum absolute atomic E-state index is 13.0. The molecule has 1 aliphatic rings. The molecule has 1 aromatic heterocycles. The first-order valence-electron chi connectivity index (χ1n) is 6.02. The van der Waals surface area contributed by atoms with Gasteiger partial charge in [-0.1, -0.05) is 13.0 Å². The van der Waals surface area contributed by atoms with Crippen LogP contribution in [0.2, 0.25) is 0 Å². The number of hydrogen-bond acceptors (Lipinski definition) is 4. The highest BCUT2D eigenvalue weighted by atomic mass is 19.1. The fourth-order valence-corrected chi connectivity index (χ4v) is 2.28. The summed E-state index contributed by atoms with van der Waals surface area (Å²) in [5, 5.41) is 0. The molecule has 1 amide bonds. The molecule has 0 saturated carbocycles. The van der Waals surface area contributed by atoms with Crippen molar-refractivity contribution in [2.45, 2.75) is 6.92 Å². The SMILES string of the molecule is COC(=O)C1CN(C(=O)c2cccc(F)n2)CC1C. The quantitative estimate of drug-likeness (QED) is 0.594. The first kappa shape index (κ1) is 13.5. The smallest absolute Gasteiger partial charge is 0.310 e. The molecule has 102 valence electrons. The van der Waals surface area contributed by atoms with E-state index in [4.69, 9.17) is 4.74 Å². The van der Waals surface area contributed by atoms with Gasteiger partial charge in [0.25, 0.3) is 5.91 Å². The van der Waals surface area contributed by atoms with Crippen molar-refractivity contribution in [2.24, 2.45) is 11.8 Å². The van der Waals surface area contributed by atoms with Gasteiger partial charge in [0.2, 0.25) is 5.95 Å². The van der Waals surface area contributed by atoms with Crippen molar-refractivity contribution in [2.75, 3.05) is 20.2 Å². The topological polar surface area (TPSA) is 59.5 Å². The van der Waals surface area contributed by atoms with Gasteiger partial charge >= 0.3 is 5.97 Å². The monoisotopic (exact) mass is 266 g/mol. The van der Waals surface area contributed by atoms with Gasteiger partial charge in [0.05, 0.1) is 13.0 Å². The van der Waals surface area contributed by atoms with Crippen LogP contribution in [0.15, 0.2) is 18.2 Å². The lowest BCUT2D eigenvalue weighted by atomic mass is 9.99. The summed E-state index contributed by atoms with van der Waals surface area (Å²) in [6.07, 6.45) is 0. The molecule has 6 heteroatoms. The first-order valence-corrected chi connectivity index (χ1v) is 6.02. The van der Waals surface area contributed by atoms with Crippen LogP contribution < -0.4 is 0 Å². The molecule has 0 N–H and O–H groups in total. The number of methoxy groups -OCH3 is 1. The number of nitrogens with zero attached hydrogens (tertiary/aromatic N) is 2. The van der Waals surface area contributed by atoms with Gasteiger partial charge in [-0.15, -0.1) is 0 Å². The molecule has 2 rings (SSSR count). The Kier molecular flexibility index (Phi) is 3.78. The standard InChI is InChI=1S/C13H15FN2O3/c1-8-6-16(7-9(8)13(18)19-2)12(17)10-4-3-5-11(14)15-10/h3-5,8-9H,6-7H2,1-2H3. The van der Waals surface area contributed by atoms with Crippen molar-refractivity contribution >= 4 is 11.9 Å². The van der Waals surface area contributed by atoms with Crippen LogP contribution in [0, 0.1) is 17.8 Å². The average molecular weight is 266 g/mol. The van der Waals surface area contributed by atoms with E-state index in [9.17, 15) is 14.0 Å². The zero-order valence-electron chi connectivity index (χ0n) is 10.8. The Balaban J connectivity index is 2.12. The number of esters is 1. The molecule has 0 aromatic carbocycles. The van der Waals surface area contributed by atoms with E-state index < -0.39 is 5.95 Å². The van der Waals surface area contributed by atoms with Crippen LogP contribution in [-0.2, 0) is 9.53 Å². The summed E-state index contributed by atoms with van der Waals surface area (Å²) in [4.78, 5) is 28.8. The molecule has 1 fully saturated rings. The minimum Gasteiger partial charge on any atom is -0.469 e. The van der Waals surface area contributed by atoms with E-state index in [2.05, 4.69) is 4.98 Å². The minimum atomic E-state index is -0.692. The van der Waals surface area contributed by atoms with Gasteiger partial charge < -0.3 is 9.64 Å². The van der Waals surface area contributed by atoms with E-state index in [1.54, 1.807) is 0 Å². The number of halogens is 1. The van der Waals surface area contributed by atoms with Gasteiger partial charge in [-0.25, -0.2) is 4.98 Å². The molecule has 1 aliphatic heterocycles. The third kappa shape index (κ3) is 2.72. The van der Waals surface area contributed by atoms with Crippen LogP contribution in [0.3, 0.4) is 0 Å². The van der Waals surface area contributed by atoms with Crippen molar-refractivity contribution in [3.05, 3.63) is 29.8 Å². The molecule has 2 atom stereocenters. The van der Waals surface area contributed by atoms with Crippen LogP contribution in [0.25, 0.3) is 0 Å². The lowest BCUT2D eigenvalue weighted by Gasteiger charge is -2.15. The molecule has 2 unspecified atom stereocenters. The Labute approximate surface area is 110 Å². The second-order valence-corrected chi connectivity index (χ2v) is 4.66. The second kappa shape index (κ2) is 5.34. The molecular weight excluding hydrogens is 251 g/mol. The van der Waals surface area contributed by atoms with Crippen LogP contribution in [-0.4, -0.2) is 42.0 Å². The Morgan fingerprint density at radius 1 is 1.42 bits per heavy atom. The normalized spacial score (nSPS) is 22.4. The summed E-state index contributed by atoms with van der Waals surface area (Å²) in [6, 6.07) is 4.08. The molecule has 0 bridgehead atoms.